The molecule has 2 heterocycles. The van der Waals surface area contributed by atoms with Crippen molar-refractivity contribution >= 4 is 5.91 Å². The van der Waals surface area contributed by atoms with Crippen LogP contribution < -0.4 is 5.56 Å². The normalized spacial score (nSPS) is 15.3. The number of nitrogens with zero attached hydrogens (tertiary/aromatic N) is 3. The molecule has 1 aromatic carbocycles. The van der Waals surface area contributed by atoms with Gasteiger partial charge in [-0.2, -0.15) is 0 Å². The first-order valence-electron chi connectivity index (χ1n) is 8.73. The fourth-order valence-electron chi connectivity index (χ4n) is 3.27. The number of benzene rings is 1. The molecule has 7 heteroatoms. The standard InChI is InChI=1S/C19H23FN4O2/c1-13-17(19(26)22-14(2)21-13)11-18(25)24-8-6-23(7-9-24)12-15-4-3-5-16(20)10-15/h3-5,10H,6-9,11-12H2,1-2H3,(H,21,22,26). The predicted octanol–water partition coefficient (Wildman–Crippen LogP) is 1.41. The molecule has 1 aliphatic heterocycles. The molecule has 138 valence electrons. The van der Waals surface area contributed by atoms with E-state index in [9.17, 15) is 14.0 Å². The average molecular weight is 358 g/mol. The lowest BCUT2D eigenvalue weighted by molar-refractivity contribution is -0.132. The van der Waals surface area contributed by atoms with Crippen LogP contribution in [0.5, 0.6) is 0 Å². The summed E-state index contributed by atoms with van der Waals surface area (Å²) in [5.74, 6) is 0.257. The predicted molar refractivity (Wildman–Crippen MR) is 96.3 cm³/mol. The van der Waals surface area contributed by atoms with Gasteiger partial charge in [0.2, 0.25) is 5.91 Å². The highest BCUT2D eigenvalue weighted by molar-refractivity contribution is 5.79. The van der Waals surface area contributed by atoms with Gasteiger partial charge in [0, 0.05) is 44.0 Å². The third-order valence-electron chi connectivity index (χ3n) is 4.69. The number of aryl methyl sites for hydroxylation is 2. The third-order valence-corrected chi connectivity index (χ3v) is 4.69. The van der Waals surface area contributed by atoms with Crippen molar-refractivity contribution in [3.8, 4) is 0 Å². The van der Waals surface area contributed by atoms with Crippen LogP contribution in [0.4, 0.5) is 4.39 Å². The smallest absolute Gasteiger partial charge is 0.254 e. The molecule has 1 saturated heterocycles. The lowest BCUT2D eigenvalue weighted by Crippen LogP contribution is -2.49. The zero-order chi connectivity index (χ0) is 18.7. The number of piperazine rings is 1. The number of carbonyl (C=O) groups is 1. The van der Waals surface area contributed by atoms with Gasteiger partial charge in [-0.3, -0.25) is 14.5 Å². The molecular weight excluding hydrogens is 335 g/mol. The number of H-pyrrole nitrogens is 1. The van der Waals surface area contributed by atoms with Gasteiger partial charge in [0.25, 0.3) is 5.56 Å². The van der Waals surface area contributed by atoms with Crippen molar-refractivity contribution in [3.63, 3.8) is 0 Å². The molecule has 1 fully saturated rings. The summed E-state index contributed by atoms with van der Waals surface area (Å²) < 4.78 is 13.3. The van der Waals surface area contributed by atoms with E-state index in [1.807, 2.05) is 6.07 Å². The Balaban J connectivity index is 1.56. The van der Waals surface area contributed by atoms with Crippen molar-refractivity contribution in [1.82, 2.24) is 19.8 Å². The first kappa shape index (κ1) is 18.3. The summed E-state index contributed by atoms with van der Waals surface area (Å²) in [6.07, 6.45) is 0.0678. The quantitative estimate of drug-likeness (QED) is 0.897. The van der Waals surface area contributed by atoms with E-state index in [4.69, 9.17) is 0 Å². The largest absolute Gasteiger partial charge is 0.340 e. The first-order chi connectivity index (χ1) is 12.4. The van der Waals surface area contributed by atoms with Crippen LogP contribution in [0.2, 0.25) is 0 Å². The lowest BCUT2D eigenvalue weighted by atomic mass is 10.1. The topological polar surface area (TPSA) is 69.3 Å². The Morgan fingerprint density at radius 3 is 2.62 bits per heavy atom. The fourth-order valence-corrected chi connectivity index (χ4v) is 3.27. The van der Waals surface area contributed by atoms with Gasteiger partial charge in [-0.1, -0.05) is 12.1 Å². The summed E-state index contributed by atoms with van der Waals surface area (Å²) in [7, 11) is 0. The van der Waals surface area contributed by atoms with Crippen molar-refractivity contribution in [2.24, 2.45) is 0 Å². The summed E-state index contributed by atoms with van der Waals surface area (Å²) >= 11 is 0. The van der Waals surface area contributed by atoms with E-state index in [0.717, 1.165) is 18.7 Å². The molecule has 0 radical (unpaired) electrons. The highest BCUT2D eigenvalue weighted by Gasteiger charge is 2.23. The summed E-state index contributed by atoms with van der Waals surface area (Å²) in [5, 5.41) is 0. The molecule has 0 atom stereocenters. The van der Waals surface area contributed by atoms with Crippen molar-refractivity contribution in [3.05, 3.63) is 63.1 Å². The molecule has 0 unspecified atom stereocenters. The van der Waals surface area contributed by atoms with Gasteiger partial charge >= 0.3 is 0 Å². The number of nitrogens with one attached hydrogen (secondary N) is 1. The molecule has 6 nitrogen and oxygen atoms in total. The zero-order valence-electron chi connectivity index (χ0n) is 15.1. The first-order valence-corrected chi connectivity index (χ1v) is 8.73. The molecule has 0 bridgehead atoms. The second-order valence-corrected chi connectivity index (χ2v) is 6.68. The zero-order valence-corrected chi connectivity index (χ0v) is 15.1. The van der Waals surface area contributed by atoms with Gasteiger partial charge in [0.05, 0.1) is 6.42 Å². The van der Waals surface area contributed by atoms with Crippen molar-refractivity contribution in [2.45, 2.75) is 26.8 Å². The van der Waals surface area contributed by atoms with Crippen molar-refractivity contribution < 1.29 is 9.18 Å². The number of amides is 1. The Hall–Kier alpha value is -2.54. The molecule has 0 spiro atoms. The fraction of sp³-hybridized carbons (Fsp3) is 0.421. The molecular formula is C19H23FN4O2. The minimum Gasteiger partial charge on any atom is -0.340 e. The number of hydrogen-bond acceptors (Lipinski definition) is 4. The van der Waals surface area contributed by atoms with Crippen LogP contribution in [-0.4, -0.2) is 51.9 Å². The van der Waals surface area contributed by atoms with E-state index in [2.05, 4.69) is 14.9 Å². The second-order valence-electron chi connectivity index (χ2n) is 6.68. The molecule has 1 N–H and O–H groups in total. The van der Waals surface area contributed by atoms with Crippen LogP contribution in [0.1, 0.15) is 22.6 Å². The number of hydrogen-bond donors (Lipinski definition) is 1. The van der Waals surface area contributed by atoms with E-state index < -0.39 is 0 Å². The van der Waals surface area contributed by atoms with E-state index in [1.54, 1.807) is 24.8 Å². The molecule has 0 aliphatic carbocycles. The summed E-state index contributed by atoms with van der Waals surface area (Å²) in [6, 6.07) is 6.58. The van der Waals surface area contributed by atoms with Crippen LogP contribution in [0.3, 0.4) is 0 Å². The van der Waals surface area contributed by atoms with Crippen LogP contribution in [0.15, 0.2) is 29.1 Å². The average Bonchev–Trinajstić information content (AvgIpc) is 2.58. The van der Waals surface area contributed by atoms with E-state index in [0.29, 0.717) is 36.7 Å². The van der Waals surface area contributed by atoms with E-state index in [-0.39, 0.29) is 23.7 Å². The van der Waals surface area contributed by atoms with Gasteiger partial charge in [-0.25, -0.2) is 9.37 Å². The Morgan fingerprint density at radius 2 is 1.96 bits per heavy atom. The molecule has 1 aliphatic rings. The van der Waals surface area contributed by atoms with E-state index in [1.165, 1.54) is 12.1 Å². The summed E-state index contributed by atoms with van der Waals surface area (Å²) in [5.41, 5.74) is 1.72. The number of carbonyl (C=O) groups excluding carboxylic acids is 1. The molecule has 1 amide bonds. The van der Waals surface area contributed by atoms with Crippen molar-refractivity contribution in [1.29, 1.82) is 0 Å². The second kappa shape index (κ2) is 7.78. The van der Waals surface area contributed by atoms with Gasteiger partial charge in [-0.15, -0.1) is 0 Å². The van der Waals surface area contributed by atoms with Crippen LogP contribution in [-0.2, 0) is 17.8 Å². The molecule has 0 saturated carbocycles. The van der Waals surface area contributed by atoms with Crippen molar-refractivity contribution in [2.75, 3.05) is 26.2 Å². The van der Waals surface area contributed by atoms with Gasteiger partial charge in [0.1, 0.15) is 11.6 Å². The lowest BCUT2D eigenvalue weighted by Gasteiger charge is -2.34. The van der Waals surface area contributed by atoms with Crippen LogP contribution in [0, 0.1) is 19.7 Å². The number of aromatic nitrogens is 2. The number of halogens is 1. The Labute approximate surface area is 151 Å². The SMILES string of the molecule is Cc1nc(C)c(CC(=O)N2CCN(Cc3cccc(F)c3)CC2)c(=O)[nH]1. The molecule has 1 aromatic heterocycles. The minimum atomic E-state index is -0.243. The third kappa shape index (κ3) is 4.35. The Morgan fingerprint density at radius 1 is 1.23 bits per heavy atom. The van der Waals surface area contributed by atoms with Gasteiger partial charge in [-0.05, 0) is 31.5 Å². The number of aromatic amines is 1. The van der Waals surface area contributed by atoms with Gasteiger partial charge in [0.15, 0.2) is 0 Å². The highest BCUT2D eigenvalue weighted by atomic mass is 19.1. The molecule has 2 aromatic rings. The monoisotopic (exact) mass is 358 g/mol. The maximum Gasteiger partial charge on any atom is 0.254 e. The van der Waals surface area contributed by atoms with Crippen LogP contribution >= 0.6 is 0 Å². The van der Waals surface area contributed by atoms with Crippen LogP contribution in [0.25, 0.3) is 0 Å². The Bertz CT molecular complexity index is 857. The molecule has 3 rings (SSSR count). The maximum atomic E-state index is 13.3. The summed E-state index contributed by atoms with van der Waals surface area (Å²) in [6.45, 7) is 6.79. The van der Waals surface area contributed by atoms with Gasteiger partial charge < -0.3 is 9.88 Å². The molecule has 26 heavy (non-hydrogen) atoms. The highest BCUT2D eigenvalue weighted by Crippen LogP contribution is 2.11. The maximum absolute atomic E-state index is 13.3. The van der Waals surface area contributed by atoms with E-state index >= 15 is 0 Å². The summed E-state index contributed by atoms with van der Waals surface area (Å²) in [4.78, 5) is 35.5. The number of rotatable bonds is 4. The minimum absolute atomic E-state index is 0.0605. The Kier molecular flexibility index (Phi) is 5.46.